The van der Waals surface area contributed by atoms with Crippen molar-refractivity contribution in [3.05, 3.63) is 21.3 Å². The van der Waals surface area contributed by atoms with Crippen LogP contribution in [0.4, 0.5) is 0 Å². The van der Waals surface area contributed by atoms with Gasteiger partial charge in [-0.3, -0.25) is 0 Å². The van der Waals surface area contributed by atoms with Crippen molar-refractivity contribution in [2.24, 2.45) is 5.73 Å². The average molecular weight is 232 g/mol. The predicted molar refractivity (Wildman–Crippen MR) is 59.7 cm³/mol. The summed E-state index contributed by atoms with van der Waals surface area (Å²) in [5, 5.41) is 2.80. The van der Waals surface area contributed by atoms with Crippen molar-refractivity contribution in [1.29, 1.82) is 0 Å². The van der Waals surface area contributed by atoms with E-state index in [1.165, 1.54) is 0 Å². The molecule has 1 saturated carbocycles. The van der Waals surface area contributed by atoms with Gasteiger partial charge in [0.15, 0.2) is 0 Å². The van der Waals surface area contributed by atoms with Gasteiger partial charge in [-0.05, 0) is 30.7 Å². The van der Waals surface area contributed by atoms with E-state index in [2.05, 4.69) is 0 Å². The maximum atomic E-state index is 5.96. The molecule has 1 aliphatic rings. The molecule has 0 aromatic carbocycles. The molecule has 2 nitrogen and oxygen atoms in total. The summed E-state index contributed by atoms with van der Waals surface area (Å²) in [4.78, 5) is 1.12. The van der Waals surface area contributed by atoms with Gasteiger partial charge in [0.2, 0.25) is 0 Å². The summed E-state index contributed by atoms with van der Waals surface area (Å²) in [6.45, 7) is 0.633. The molecule has 0 bridgehead atoms. The Kier molecular flexibility index (Phi) is 3.44. The number of thiophene rings is 1. The molecule has 4 heteroatoms. The molecule has 1 fully saturated rings. The average Bonchev–Trinajstić information content (AvgIpc) is 2.72. The Morgan fingerprint density at radius 3 is 3.00 bits per heavy atom. The lowest BCUT2D eigenvalue weighted by Crippen LogP contribution is -2.17. The van der Waals surface area contributed by atoms with Gasteiger partial charge in [0.05, 0.1) is 17.7 Å². The topological polar surface area (TPSA) is 35.2 Å². The second-order valence-corrected chi connectivity index (χ2v) is 5.11. The molecule has 2 N–H and O–H groups in total. The fourth-order valence-corrected chi connectivity index (χ4v) is 2.76. The lowest BCUT2D eigenvalue weighted by molar-refractivity contribution is 0.0465. The van der Waals surface area contributed by atoms with Crippen molar-refractivity contribution in [3.63, 3.8) is 0 Å². The Morgan fingerprint density at radius 1 is 1.57 bits per heavy atom. The number of nitrogens with two attached hydrogens (primary N) is 1. The highest BCUT2D eigenvalue weighted by Gasteiger charge is 2.22. The van der Waals surface area contributed by atoms with Crippen molar-refractivity contribution in [2.75, 3.05) is 0 Å². The molecule has 0 saturated heterocycles. The van der Waals surface area contributed by atoms with Crippen LogP contribution >= 0.6 is 22.9 Å². The molecule has 2 atom stereocenters. The van der Waals surface area contributed by atoms with Crippen LogP contribution in [0.15, 0.2) is 11.4 Å². The molecule has 0 aliphatic heterocycles. The third kappa shape index (κ3) is 2.48. The van der Waals surface area contributed by atoms with Crippen LogP contribution in [0.3, 0.4) is 0 Å². The first-order chi connectivity index (χ1) is 6.75. The molecule has 78 valence electrons. The summed E-state index contributed by atoms with van der Waals surface area (Å²) in [7, 11) is 0. The first-order valence-electron chi connectivity index (χ1n) is 4.85. The summed E-state index contributed by atoms with van der Waals surface area (Å²) in [5.74, 6) is 0. The van der Waals surface area contributed by atoms with Gasteiger partial charge in [0.1, 0.15) is 0 Å². The Balaban J connectivity index is 1.80. The van der Waals surface area contributed by atoms with Crippen LogP contribution in [0, 0.1) is 0 Å². The van der Waals surface area contributed by atoms with Gasteiger partial charge in [-0.25, -0.2) is 0 Å². The summed E-state index contributed by atoms with van der Waals surface area (Å²) in [6.07, 6.45) is 3.50. The number of ether oxygens (including phenoxy) is 1. The minimum atomic E-state index is 0.332. The summed E-state index contributed by atoms with van der Waals surface area (Å²) < 4.78 is 5.74. The van der Waals surface area contributed by atoms with Crippen molar-refractivity contribution in [2.45, 2.75) is 38.0 Å². The second-order valence-electron chi connectivity index (χ2n) is 3.70. The van der Waals surface area contributed by atoms with E-state index in [-0.39, 0.29) is 0 Å². The molecular weight excluding hydrogens is 218 g/mol. The molecule has 14 heavy (non-hydrogen) atoms. The van der Waals surface area contributed by atoms with Crippen LogP contribution in [0.2, 0.25) is 5.02 Å². The highest BCUT2D eigenvalue weighted by Crippen LogP contribution is 2.26. The fraction of sp³-hybridized carbons (Fsp3) is 0.600. The Labute approximate surface area is 93.0 Å². The molecule has 2 unspecified atom stereocenters. The normalized spacial score (nSPS) is 27.0. The second kappa shape index (κ2) is 4.62. The van der Waals surface area contributed by atoms with E-state index in [9.17, 15) is 0 Å². The monoisotopic (exact) mass is 231 g/mol. The number of hydrogen-bond donors (Lipinski definition) is 1. The Bertz CT molecular complexity index is 302. The van der Waals surface area contributed by atoms with E-state index in [1.807, 2.05) is 11.4 Å². The third-order valence-electron chi connectivity index (χ3n) is 2.57. The van der Waals surface area contributed by atoms with Gasteiger partial charge >= 0.3 is 0 Å². The van der Waals surface area contributed by atoms with Crippen LogP contribution in [-0.4, -0.2) is 12.1 Å². The molecule has 0 radical (unpaired) electrons. The van der Waals surface area contributed by atoms with Gasteiger partial charge in [0, 0.05) is 10.9 Å². The quantitative estimate of drug-likeness (QED) is 0.868. The van der Waals surface area contributed by atoms with Gasteiger partial charge in [-0.15, -0.1) is 11.3 Å². The molecule has 1 aliphatic carbocycles. The maximum Gasteiger partial charge on any atom is 0.0828 e. The van der Waals surface area contributed by atoms with Crippen LogP contribution in [0.5, 0.6) is 0 Å². The van der Waals surface area contributed by atoms with E-state index in [0.717, 1.165) is 29.2 Å². The highest BCUT2D eigenvalue weighted by molar-refractivity contribution is 7.10. The van der Waals surface area contributed by atoms with Gasteiger partial charge < -0.3 is 10.5 Å². The molecule has 0 spiro atoms. The Morgan fingerprint density at radius 2 is 2.43 bits per heavy atom. The summed E-state index contributed by atoms with van der Waals surface area (Å²) in [6, 6.07) is 2.24. The summed E-state index contributed by atoms with van der Waals surface area (Å²) >= 11 is 7.61. The van der Waals surface area contributed by atoms with Crippen molar-refractivity contribution in [3.8, 4) is 0 Å². The van der Waals surface area contributed by atoms with Crippen LogP contribution in [0.1, 0.15) is 24.1 Å². The first kappa shape index (κ1) is 10.4. The molecule has 2 rings (SSSR count). The Hall–Kier alpha value is -0.0900. The van der Waals surface area contributed by atoms with Crippen molar-refractivity contribution >= 4 is 22.9 Å². The zero-order valence-corrected chi connectivity index (χ0v) is 9.48. The first-order valence-corrected chi connectivity index (χ1v) is 6.10. The van der Waals surface area contributed by atoms with Crippen LogP contribution in [0.25, 0.3) is 0 Å². The predicted octanol–water partition coefficient (Wildman–Crippen LogP) is 2.80. The minimum absolute atomic E-state index is 0.332. The number of halogens is 1. The molecule has 1 aromatic heterocycles. The molecule has 0 amide bonds. The lowest BCUT2D eigenvalue weighted by atomic mass is 10.3. The van der Waals surface area contributed by atoms with Gasteiger partial charge in [0.25, 0.3) is 0 Å². The highest BCUT2D eigenvalue weighted by atomic mass is 35.5. The van der Waals surface area contributed by atoms with E-state index in [0.29, 0.717) is 18.8 Å². The zero-order chi connectivity index (χ0) is 9.97. The van der Waals surface area contributed by atoms with Crippen LogP contribution < -0.4 is 5.73 Å². The van der Waals surface area contributed by atoms with Crippen molar-refractivity contribution < 1.29 is 4.74 Å². The zero-order valence-electron chi connectivity index (χ0n) is 7.91. The molecular formula is C10H14ClNOS. The molecule has 1 heterocycles. The van der Waals surface area contributed by atoms with Crippen LogP contribution in [-0.2, 0) is 11.3 Å². The van der Waals surface area contributed by atoms with E-state index < -0.39 is 0 Å². The minimum Gasteiger partial charge on any atom is -0.373 e. The van der Waals surface area contributed by atoms with E-state index in [1.54, 1.807) is 11.3 Å². The van der Waals surface area contributed by atoms with Gasteiger partial charge in [-0.1, -0.05) is 11.6 Å². The molecule has 1 aromatic rings. The standard InChI is InChI=1S/C10H14ClNOS/c11-9-3-4-14-10(9)6-13-8-2-1-7(12)5-8/h3-4,7-8H,1-2,5-6,12H2. The largest absolute Gasteiger partial charge is 0.373 e. The van der Waals surface area contributed by atoms with E-state index >= 15 is 0 Å². The SMILES string of the molecule is NC1CCC(OCc2sccc2Cl)C1. The number of hydrogen-bond acceptors (Lipinski definition) is 3. The van der Waals surface area contributed by atoms with E-state index in [4.69, 9.17) is 22.1 Å². The van der Waals surface area contributed by atoms with Crippen molar-refractivity contribution in [1.82, 2.24) is 0 Å². The van der Waals surface area contributed by atoms with Gasteiger partial charge in [-0.2, -0.15) is 0 Å². The maximum absolute atomic E-state index is 5.96. The smallest absolute Gasteiger partial charge is 0.0828 e. The third-order valence-corrected chi connectivity index (χ3v) is 3.93. The summed E-state index contributed by atoms with van der Waals surface area (Å²) in [5.41, 5.74) is 5.80. The number of rotatable bonds is 3. The fourth-order valence-electron chi connectivity index (χ4n) is 1.75. The lowest BCUT2D eigenvalue weighted by Gasteiger charge is -2.10.